The van der Waals surface area contributed by atoms with E-state index in [-0.39, 0.29) is 11.6 Å². The van der Waals surface area contributed by atoms with Gasteiger partial charge in [0.15, 0.2) is 0 Å². The maximum atomic E-state index is 9.93. The first kappa shape index (κ1) is 16.3. The zero-order valence-corrected chi connectivity index (χ0v) is 14.1. The number of rotatable bonds is 5. The van der Waals surface area contributed by atoms with Crippen LogP contribution in [0.15, 0.2) is 0 Å². The normalized spacial score (nSPS) is 34.2. The SMILES string of the molecule is CCC(C)(CNC(C)(C)C)CN1C2CCC1CC(O)C2. The van der Waals surface area contributed by atoms with Gasteiger partial charge in [0.05, 0.1) is 6.10 Å². The topological polar surface area (TPSA) is 35.5 Å². The Labute approximate surface area is 125 Å². The number of fused-ring (bicyclic) bond motifs is 2. The summed E-state index contributed by atoms with van der Waals surface area (Å²) in [4.78, 5) is 2.71. The van der Waals surface area contributed by atoms with E-state index >= 15 is 0 Å². The number of aliphatic hydroxyl groups is 1. The Balaban J connectivity index is 1.96. The van der Waals surface area contributed by atoms with E-state index in [1.807, 2.05) is 0 Å². The highest BCUT2D eigenvalue weighted by atomic mass is 16.3. The van der Waals surface area contributed by atoms with E-state index in [0.29, 0.717) is 17.5 Å². The summed E-state index contributed by atoms with van der Waals surface area (Å²) in [7, 11) is 0. The fraction of sp³-hybridized carbons (Fsp3) is 1.00. The molecule has 2 heterocycles. The van der Waals surface area contributed by atoms with Crippen LogP contribution in [0.3, 0.4) is 0 Å². The highest BCUT2D eigenvalue weighted by Crippen LogP contribution is 2.38. The molecule has 118 valence electrons. The molecule has 2 bridgehead atoms. The summed E-state index contributed by atoms with van der Waals surface area (Å²) in [6, 6.07) is 1.26. The maximum absolute atomic E-state index is 9.93. The smallest absolute Gasteiger partial charge is 0.0570 e. The Morgan fingerprint density at radius 3 is 2.10 bits per heavy atom. The van der Waals surface area contributed by atoms with Crippen molar-refractivity contribution in [2.24, 2.45) is 5.41 Å². The van der Waals surface area contributed by atoms with Crippen LogP contribution in [0.2, 0.25) is 0 Å². The van der Waals surface area contributed by atoms with Gasteiger partial charge in [-0.2, -0.15) is 0 Å². The lowest BCUT2D eigenvalue weighted by molar-refractivity contribution is 0.0109. The summed E-state index contributed by atoms with van der Waals surface area (Å²) in [6.07, 6.45) is 5.70. The molecule has 0 aromatic carbocycles. The quantitative estimate of drug-likeness (QED) is 0.814. The predicted octanol–water partition coefficient (Wildman–Crippen LogP) is 2.78. The highest BCUT2D eigenvalue weighted by Gasteiger charge is 2.42. The van der Waals surface area contributed by atoms with Crippen LogP contribution in [-0.2, 0) is 0 Å². The van der Waals surface area contributed by atoms with Gasteiger partial charge in [0, 0.05) is 30.7 Å². The van der Waals surface area contributed by atoms with Crippen molar-refractivity contribution < 1.29 is 5.11 Å². The van der Waals surface area contributed by atoms with Crippen LogP contribution >= 0.6 is 0 Å². The van der Waals surface area contributed by atoms with Gasteiger partial charge in [-0.1, -0.05) is 13.8 Å². The average Bonchev–Trinajstić information content (AvgIpc) is 2.59. The van der Waals surface area contributed by atoms with Gasteiger partial charge in [0.1, 0.15) is 0 Å². The van der Waals surface area contributed by atoms with Crippen molar-refractivity contribution >= 4 is 0 Å². The third-order valence-electron chi connectivity index (χ3n) is 5.32. The van der Waals surface area contributed by atoms with E-state index in [0.717, 1.165) is 19.4 Å². The Kier molecular flexibility index (Phi) is 4.83. The third kappa shape index (κ3) is 3.96. The predicted molar refractivity (Wildman–Crippen MR) is 84.9 cm³/mol. The molecule has 0 aromatic heterocycles. The first-order valence-electron chi connectivity index (χ1n) is 8.41. The molecule has 0 radical (unpaired) electrons. The van der Waals surface area contributed by atoms with Crippen molar-refractivity contribution in [3.63, 3.8) is 0 Å². The molecule has 0 spiro atoms. The minimum atomic E-state index is -0.0515. The van der Waals surface area contributed by atoms with Gasteiger partial charge in [-0.3, -0.25) is 4.90 Å². The molecule has 3 nitrogen and oxygen atoms in total. The summed E-state index contributed by atoms with van der Waals surface area (Å²) in [6.45, 7) is 13.7. The molecule has 2 aliphatic heterocycles. The molecule has 2 saturated heterocycles. The van der Waals surface area contributed by atoms with E-state index in [1.165, 1.54) is 25.8 Å². The first-order chi connectivity index (χ1) is 9.22. The molecule has 0 saturated carbocycles. The van der Waals surface area contributed by atoms with E-state index in [2.05, 4.69) is 44.8 Å². The molecule has 3 atom stereocenters. The molecule has 0 aromatic rings. The van der Waals surface area contributed by atoms with E-state index in [1.54, 1.807) is 0 Å². The summed E-state index contributed by atoms with van der Waals surface area (Å²) in [5, 5.41) is 13.6. The van der Waals surface area contributed by atoms with Crippen LogP contribution in [0, 0.1) is 5.41 Å². The number of nitrogens with one attached hydrogen (secondary N) is 1. The zero-order valence-electron chi connectivity index (χ0n) is 14.1. The van der Waals surface area contributed by atoms with Crippen LogP contribution in [0.1, 0.15) is 66.7 Å². The lowest BCUT2D eigenvalue weighted by atomic mass is 9.84. The van der Waals surface area contributed by atoms with Crippen molar-refractivity contribution in [1.82, 2.24) is 10.2 Å². The highest BCUT2D eigenvalue weighted by molar-refractivity contribution is 4.97. The summed E-state index contributed by atoms with van der Waals surface area (Å²) >= 11 is 0. The molecular weight excluding hydrogens is 248 g/mol. The molecule has 0 amide bonds. The molecule has 0 aliphatic carbocycles. The fourth-order valence-electron chi connectivity index (χ4n) is 3.72. The lowest BCUT2D eigenvalue weighted by Crippen LogP contribution is -2.52. The Bertz CT molecular complexity index is 311. The Hall–Kier alpha value is -0.120. The van der Waals surface area contributed by atoms with Crippen LogP contribution in [-0.4, -0.2) is 46.8 Å². The van der Waals surface area contributed by atoms with Gasteiger partial charge in [-0.15, -0.1) is 0 Å². The van der Waals surface area contributed by atoms with Crippen molar-refractivity contribution in [3.8, 4) is 0 Å². The fourth-order valence-corrected chi connectivity index (χ4v) is 3.72. The number of nitrogens with zero attached hydrogens (tertiary/aromatic N) is 1. The van der Waals surface area contributed by atoms with Crippen molar-refractivity contribution in [3.05, 3.63) is 0 Å². The second-order valence-corrected chi connectivity index (χ2v) is 8.45. The molecular formula is C17H34N2O. The largest absolute Gasteiger partial charge is 0.393 e. The van der Waals surface area contributed by atoms with E-state index in [4.69, 9.17) is 0 Å². The summed E-state index contributed by atoms with van der Waals surface area (Å²) in [5.74, 6) is 0. The standard InChI is InChI=1S/C17H34N2O/c1-6-17(5,11-18-16(2,3)4)12-19-13-7-8-14(19)10-15(20)9-13/h13-15,18,20H,6-12H2,1-5H3. The molecule has 3 heteroatoms. The number of hydrogen-bond acceptors (Lipinski definition) is 3. The zero-order chi connectivity index (χ0) is 15.0. The van der Waals surface area contributed by atoms with Crippen molar-refractivity contribution in [2.45, 2.75) is 90.4 Å². The van der Waals surface area contributed by atoms with Crippen molar-refractivity contribution in [1.29, 1.82) is 0 Å². The molecule has 20 heavy (non-hydrogen) atoms. The second-order valence-electron chi connectivity index (χ2n) is 8.45. The molecule has 2 aliphatic rings. The van der Waals surface area contributed by atoms with E-state index in [9.17, 15) is 5.11 Å². The lowest BCUT2D eigenvalue weighted by Gasteiger charge is -2.43. The van der Waals surface area contributed by atoms with E-state index < -0.39 is 0 Å². The van der Waals surface area contributed by atoms with Crippen LogP contribution < -0.4 is 5.32 Å². The third-order valence-corrected chi connectivity index (χ3v) is 5.32. The maximum Gasteiger partial charge on any atom is 0.0570 e. The van der Waals surface area contributed by atoms with Gasteiger partial charge in [0.2, 0.25) is 0 Å². The van der Waals surface area contributed by atoms with Gasteiger partial charge in [0.25, 0.3) is 0 Å². The van der Waals surface area contributed by atoms with Crippen LogP contribution in [0.4, 0.5) is 0 Å². The minimum Gasteiger partial charge on any atom is -0.393 e. The summed E-state index contributed by atoms with van der Waals surface area (Å²) < 4.78 is 0. The molecule has 2 rings (SSSR count). The minimum absolute atomic E-state index is 0.0515. The Morgan fingerprint density at radius 2 is 1.65 bits per heavy atom. The number of piperidine rings is 1. The molecule has 2 fully saturated rings. The van der Waals surface area contributed by atoms with Crippen LogP contribution in [0.5, 0.6) is 0 Å². The van der Waals surface area contributed by atoms with Gasteiger partial charge >= 0.3 is 0 Å². The number of aliphatic hydroxyl groups excluding tert-OH is 1. The Morgan fingerprint density at radius 1 is 1.10 bits per heavy atom. The van der Waals surface area contributed by atoms with Gasteiger partial charge in [-0.05, 0) is 58.3 Å². The second kappa shape index (κ2) is 5.94. The van der Waals surface area contributed by atoms with Gasteiger partial charge < -0.3 is 10.4 Å². The monoisotopic (exact) mass is 282 g/mol. The van der Waals surface area contributed by atoms with Crippen molar-refractivity contribution in [2.75, 3.05) is 13.1 Å². The molecule has 3 unspecified atom stereocenters. The van der Waals surface area contributed by atoms with Gasteiger partial charge in [-0.25, -0.2) is 0 Å². The van der Waals surface area contributed by atoms with Crippen LogP contribution in [0.25, 0.3) is 0 Å². The molecule has 2 N–H and O–H groups in total. The summed E-state index contributed by atoms with van der Waals surface area (Å²) in [5.41, 5.74) is 0.518. The number of hydrogen-bond donors (Lipinski definition) is 2. The average molecular weight is 282 g/mol. The first-order valence-corrected chi connectivity index (χ1v) is 8.41.